The van der Waals surface area contributed by atoms with Gasteiger partial charge in [-0.15, -0.1) is 0 Å². The highest BCUT2D eigenvalue weighted by molar-refractivity contribution is 5.85. The molecule has 1 fully saturated rings. The fourth-order valence-electron chi connectivity index (χ4n) is 3.23. The molecular weight excluding hydrogens is 335 g/mol. The number of ether oxygens (including phenoxy) is 1. The molecule has 0 aliphatic heterocycles. The summed E-state index contributed by atoms with van der Waals surface area (Å²) < 4.78 is 43.0. The van der Waals surface area contributed by atoms with Gasteiger partial charge in [0.2, 0.25) is 5.91 Å². The number of nitrogens with one attached hydrogen (secondary N) is 1. The lowest BCUT2D eigenvalue weighted by Gasteiger charge is -2.29. The lowest BCUT2D eigenvalue weighted by molar-refractivity contribution is -0.147. The van der Waals surface area contributed by atoms with Crippen molar-refractivity contribution in [1.29, 1.82) is 0 Å². The Morgan fingerprint density at radius 3 is 2.52 bits per heavy atom. The standard InChI is InChI=1S/C18H22F3NO3/c1-25-17(24)16(13-7-3-2-4-8-13)22-15(23)11-12-6-5-9-14(10-12)18(19,20)21/h5-6,9-10,13,16H,2-4,7-8,11H2,1H3,(H,22,23)/t16-/m1/s1. The number of alkyl halides is 3. The van der Waals surface area contributed by atoms with Crippen LogP contribution in [0.5, 0.6) is 0 Å². The highest BCUT2D eigenvalue weighted by atomic mass is 19.4. The first-order valence-electron chi connectivity index (χ1n) is 8.34. The van der Waals surface area contributed by atoms with E-state index in [1.807, 2.05) is 0 Å². The molecule has 4 nitrogen and oxygen atoms in total. The minimum atomic E-state index is -4.46. The van der Waals surface area contributed by atoms with Gasteiger partial charge in [-0.05, 0) is 30.4 Å². The van der Waals surface area contributed by atoms with Gasteiger partial charge in [0.25, 0.3) is 0 Å². The van der Waals surface area contributed by atoms with Gasteiger partial charge >= 0.3 is 12.1 Å². The third kappa shape index (κ3) is 5.47. The summed E-state index contributed by atoms with van der Waals surface area (Å²) in [7, 11) is 1.26. The molecular formula is C18H22F3NO3. The molecule has 1 aromatic carbocycles. The molecule has 1 aliphatic rings. The zero-order chi connectivity index (χ0) is 18.4. The van der Waals surface area contributed by atoms with Crippen molar-refractivity contribution in [3.05, 3.63) is 35.4 Å². The van der Waals surface area contributed by atoms with Gasteiger partial charge in [-0.2, -0.15) is 13.2 Å². The Hall–Kier alpha value is -2.05. The van der Waals surface area contributed by atoms with E-state index in [-0.39, 0.29) is 17.9 Å². The van der Waals surface area contributed by atoms with E-state index in [1.165, 1.54) is 19.2 Å². The second-order valence-electron chi connectivity index (χ2n) is 6.34. The van der Waals surface area contributed by atoms with Gasteiger partial charge < -0.3 is 10.1 Å². The van der Waals surface area contributed by atoms with Gasteiger partial charge in [0.15, 0.2) is 0 Å². The van der Waals surface area contributed by atoms with Crippen LogP contribution in [0.25, 0.3) is 0 Å². The first kappa shape index (κ1) is 19.3. The Bertz CT molecular complexity index is 610. The monoisotopic (exact) mass is 357 g/mol. The number of hydrogen-bond acceptors (Lipinski definition) is 3. The predicted molar refractivity (Wildman–Crippen MR) is 85.7 cm³/mol. The minimum absolute atomic E-state index is 0.00617. The van der Waals surface area contributed by atoms with Crippen molar-refractivity contribution in [1.82, 2.24) is 5.32 Å². The maximum atomic E-state index is 12.7. The van der Waals surface area contributed by atoms with Crippen LogP contribution < -0.4 is 5.32 Å². The van der Waals surface area contributed by atoms with E-state index in [0.29, 0.717) is 0 Å². The second-order valence-corrected chi connectivity index (χ2v) is 6.34. The van der Waals surface area contributed by atoms with Crippen LogP contribution in [0.15, 0.2) is 24.3 Å². The largest absolute Gasteiger partial charge is 0.467 e. The number of carbonyl (C=O) groups is 2. The highest BCUT2D eigenvalue weighted by Crippen LogP contribution is 2.30. The molecule has 0 bridgehead atoms. The van der Waals surface area contributed by atoms with E-state index in [2.05, 4.69) is 5.32 Å². The molecule has 2 rings (SSSR count). The van der Waals surface area contributed by atoms with Crippen LogP contribution in [0.3, 0.4) is 0 Å². The molecule has 0 unspecified atom stereocenters. The Balaban J connectivity index is 2.04. The van der Waals surface area contributed by atoms with Crippen LogP contribution in [-0.2, 0) is 26.9 Å². The van der Waals surface area contributed by atoms with Crippen molar-refractivity contribution in [3.63, 3.8) is 0 Å². The Labute approximate surface area is 144 Å². The van der Waals surface area contributed by atoms with E-state index >= 15 is 0 Å². The maximum absolute atomic E-state index is 12.7. The molecule has 25 heavy (non-hydrogen) atoms. The summed E-state index contributed by atoms with van der Waals surface area (Å²) in [5, 5.41) is 2.65. The topological polar surface area (TPSA) is 55.4 Å². The summed E-state index contributed by atoms with van der Waals surface area (Å²) in [5.74, 6) is -0.990. The molecule has 1 saturated carbocycles. The molecule has 0 radical (unpaired) electrons. The lowest BCUT2D eigenvalue weighted by Crippen LogP contribution is -2.47. The van der Waals surface area contributed by atoms with Crippen molar-refractivity contribution in [3.8, 4) is 0 Å². The molecule has 0 saturated heterocycles. The number of esters is 1. The molecule has 1 N–H and O–H groups in total. The quantitative estimate of drug-likeness (QED) is 0.821. The Morgan fingerprint density at radius 1 is 1.24 bits per heavy atom. The van der Waals surface area contributed by atoms with Gasteiger partial charge in [-0.3, -0.25) is 4.79 Å². The van der Waals surface area contributed by atoms with Crippen LogP contribution >= 0.6 is 0 Å². The van der Waals surface area contributed by atoms with E-state index < -0.39 is 29.7 Å². The van der Waals surface area contributed by atoms with Crippen LogP contribution in [0, 0.1) is 5.92 Å². The average Bonchev–Trinajstić information content (AvgIpc) is 2.59. The van der Waals surface area contributed by atoms with Crippen molar-refractivity contribution >= 4 is 11.9 Å². The number of carbonyl (C=O) groups excluding carboxylic acids is 2. The van der Waals surface area contributed by atoms with Crippen molar-refractivity contribution in [2.24, 2.45) is 5.92 Å². The number of amides is 1. The van der Waals surface area contributed by atoms with Gasteiger partial charge in [-0.1, -0.05) is 37.5 Å². The Morgan fingerprint density at radius 2 is 1.92 bits per heavy atom. The predicted octanol–water partition coefficient (Wildman–Crippen LogP) is 3.49. The lowest BCUT2D eigenvalue weighted by atomic mass is 9.83. The molecule has 1 aliphatic carbocycles. The van der Waals surface area contributed by atoms with E-state index in [4.69, 9.17) is 4.74 Å². The molecule has 1 amide bonds. The number of hydrogen-bond donors (Lipinski definition) is 1. The molecule has 0 heterocycles. The van der Waals surface area contributed by atoms with Gasteiger partial charge in [-0.25, -0.2) is 4.79 Å². The van der Waals surface area contributed by atoms with E-state index in [1.54, 1.807) is 0 Å². The summed E-state index contributed by atoms with van der Waals surface area (Å²) in [6.45, 7) is 0. The van der Waals surface area contributed by atoms with Crippen LogP contribution in [0.1, 0.15) is 43.2 Å². The zero-order valence-electron chi connectivity index (χ0n) is 14.1. The molecule has 138 valence electrons. The molecule has 0 aromatic heterocycles. The summed E-state index contributed by atoms with van der Waals surface area (Å²) in [4.78, 5) is 24.2. The molecule has 1 aromatic rings. The summed E-state index contributed by atoms with van der Waals surface area (Å²) in [6.07, 6.45) is 0.0480. The van der Waals surface area contributed by atoms with Crippen molar-refractivity contribution < 1.29 is 27.5 Å². The van der Waals surface area contributed by atoms with E-state index in [0.717, 1.165) is 44.2 Å². The number of methoxy groups -OCH3 is 1. The van der Waals surface area contributed by atoms with Crippen molar-refractivity contribution in [2.45, 2.75) is 50.7 Å². The zero-order valence-corrected chi connectivity index (χ0v) is 14.1. The molecule has 7 heteroatoms. The number of benzene rings is 1. The van der Waals surface area contributed by atoms with Gasteiger partial charge in [0.1, 0.15) is 6.04 Å². The second kappa shape index (κ2) is 8.36. The van der Waals surface area contributed by atoms with Crippen LogP contribution in [0.2, 0.25) is 0 Å². The summed E-state index contributed by atoms with van der Waals surface area (Å²) in [5.41, 5.74) is -0.547. The maximum Gasteiger partial charge on any atom is 0.416 e. The SMILES string of the molecule is COC(=O)[C@H](NC(=O)Cc1cccc(C(F)(F)F)c1)C1CCCCC1. The first-order chi connectivity index (χ1) is 11.8. The fourth-order valence-corrected chi connectivity index (χ4v) is 3.23. The number of halogens is 3. The van der Waals surface area contributed by atoms with Crippen LogP contribution in [-0.4, -0.2) is 25.0 Å². The summed E-state index contributed by atoms with van der Waals surface area (Å²) >= 11 is 0. The van der Waals surface area contributed by atoms with Crippen molar-refractivity contribution in [2.75, 3.05) is 7.11 Å². The third-order valence-corrected chi connectivity index (χ3v) is 4.51. The van der Waals surface area contributed by atoms with Crippen LogP contribution in [0.4, 0.5) is 13.2 Å². The fraction of sp³-hybridized carbons (Fsp3) is 0.556. The molecule has 0 spiro atoms. The summed E-state index contributed by atoms with van der Waals surface area (Å²) in [6, 6.07) is 3.89. The smallest absolute Gasteiger partial charge is 0.416 e. The van der Waals surface area contributed by atoms with Gasteiger partial charge in [0.05, 0.1) is 19.1 Å². The first-order valence-corrected chi connectivity index (χ1v) is 8.34. The normalized spacial score (nSPS) is 17.0. The average molecular weight is 357 g/mol. The Kier molecular flexibility index (Phi) is 6.45. The van der Waals surface area contributed by atoms with Gasteiger partial charge in [0, 0.05) is 0 Å². The number of rotatable bonds is 5. The third-order valence-electron chi connectivity index (χ3n) is 4.51. The molecule has 1 atom stereocenters. The minimum Gasteiger partial charge on any atom is -0.467 e. The van der Waals surface area contributed by atoms with E-state index in [9.17, 15) is 22.8 Å². The highest BCUT2D eigenvalue weighted by Gasteiger charge is 2.32.